The first-order chi connectivity index (χ1) is 15.9. The number of amides is 2. The second kappa shape index (κ2) is 8.18. The van der Waals surface area contributed by atoms with Gasteiger partial charge in [-0.05, 0) is 49.0 Å². The van der Waals surface area contributed by atoms with Crippen LogP contribution in [0.5, 0.6) is 0 Å². The van der Waals surface area contributed by atoms with Crippen LogP contribution < -0.4 is 10.2 Å². The number of halogens is 4. The summed E-state index contributed by atoms with van der Waals surface area (Å²) >= 11 is 5.47. The second-order valence-electron chi connectivity index (χ2n) is 8.25. The maximum absolute atomic E-state index is 15.3. The third-order valence-corrected chi connectivity index (χ3v) is 6.40. The zero-order valence-corrected chi connectivity index (χ0v) is 18.8. The van der Waals surface area contributed by atoms with E-state index in [2.05, 4.69) is 5.32 Å². The van der Waals surface area contributed by atoms with E-state index in [4.69, 9.17) is 22.2 Å². The number of hydrogen-bond acceptors (Lipinski definition) is 5. The number of nitriles is 1. The van der Waals surface area contributed by atoms with Crippen molar-refractivity contribution >= 4 is 34.8 Å². The first-order valence-corrected chi connectivity index (χ1v) is 10.5. The van der Waals surface area contributed by atoms with E-state index in [1.54, 1.807) is 0 Å². The highest BCUT2D eigenvalue weighted by molar-refractivity contribution is 7.80. The number of carbonyl (C=O) groups is 2. The van der Waals surface area contributed by atoms with Crippen LogP contribution in [-0.2, 0) is 20.5 Å². The fraction of sp³-hybridized carbons (Fsp3) is 0.364. The number of nitrogens with one attached hydrogen (secondary N) is 1. The summed E-state index contributed by atoms with van der Waals surface area (Å²) in [6.07, 6.45) is -5.23. The van der Waals surface area contributed by atoms with Gasteiger partial charge in [0.25, 0.3) is 11.8 Å². The lowest BCUT2D eigenvalue weighted by molar-refractivity contribution is -0.137. The average molecular weight is 494 g/mol. The van der Waals surface area contributed by atoms with Gasteiger partial charge in [-0.2, -0.15) is 18.4 Å². The van der Waals surface area contributed by atoms with Gasteiger partial charge in [0.15, 0.2) is 5.11 Å². The fourth-order valence-corrected chi connectivity index (χ4v) is 4.91. The molecule has 0 aromatic heterocycles. The van der Waals surface area contributed by atoms with Gasteiger partial charge in [0.05, 0.1) is 35.2 Å². The van der Waals surface area contributed by atoms with Gasteiger partial charge >= 0.3 is 6.18 Å². The van der Waals surface area contributed by atoms with E-state index in [0.29, 0.717) is 11.6 Å². The molecule has 0 saturated carbocycles. The van der Waals surface area contributed by atoms with Crippen molar-refractivity contribution in [2.45, 2.75) is 31.2 Å². The molecule has 1 aliphatic carbocycles. The number of nitrogens with zero attached hydrogens (tertiary/aromatic N) is 3. The van der Waals surface area contributed by atoms with Gasteiger partial charge in [-0.15, -0.1) is 0 Å². The Hall–Kier alpha value is -3.30. The van der Waals surface area contributed by atoms with Gasteiger partial charge < -0.3 is 15.0 Å². The topological polar surface area (TPSA) is 85.7 Å². The Morgan fingerprint density at radius 2 is 2.06 bits per heavy atom. The molecule has 2 aliphatic heterocycles. The summed E-state index contributed by atoms with van der Waals surface area (Å²) in [7, 11) is 1.32. The second-order valence-corrected chi connectivity index (χ2v) is 8.61. The largest absolute Gasteiger partial charge is 0.417 e. The van der Waals surface area contributed by atoms with Gasteiger partial charge in [0.1, 0.15) is 11.7 Å². The first-order valence-electron chi connectivity index (χ1n) is 10.1. The third-order valence-electron chi connectivity index (χ3n) is 6.04. The summed E-state index contributed by atoms with van der Waals surface area (Å²) in [5.41, 5.74) is -2.86. The Labute approximate surface area is 197 Å². The quantitative estimate of drug-likeness (QED) is 0.512. The Morgan fingerprint density at radius 1 is 1.35 bits per heavy atom. The lowest BCUT2D eigenvalue weighted by Gasteiger charge is -2.36. The van der Waals surface area contributed by atoms with Crippen LogP contribution in [-0.4, -0.2) is 53.8 Å². The summed E-state index contributed by atoms with van der Waals surface area (Å²) < 4.78 is 61.1. The molecule has 2 amide bonds. The van der Waals surface area contributed by atoms with Crippen LogP contribution in [0, 0.1) is 11.3 Å². The molecule has 1 N–H and O–H groups in total. The SMILES string of the molecule is COCC1(C)C(=O)N(c2ccc(C#N)c(C(F)(F)F)c2)C(=S)N1C1=CC2=C(CNC2=O)CC1F. The number of rotatable bonds is 4. The monoisotopic (exact) mass is 494 g/mol. The normalized spacial score (nSPS) is 24.9. The van der Waals surface area contributed by atoms with Crippen molar-refractivity contribution in [2.24, 2.45) is 0 Å². The summed E-state index contributed by atoms with van der Waals surface area (Å²) in [6, 6.07) is 4.26. The number of benzene rings is 1. The minimum absolute atomic E-state index is 0.0547. The number of anilines is 1. The Morgan fingerprint density at radius 3 is 2.68 bits per heavy atom. The summed E-state index contributed by atoms with van der Waals surface area (Å²) in [5, 5.41) is 11.4. The number of alkyl halides is 4. The molecule has 0 radical (unpaired) electrons. The van der Waals surface area contributed by atoms with E-state index in [9.17, 15) is 22.8 Å². The average Bonchev–Trinajstić information content (AvgIpc) is 3.21. The van der Waals surface area contributed by atoms with Crippen molar-refractivity contribution in [3.8, 4) is 6.07 Å². The molecule has 3 aliphatic rings. The standard InChI is InChI=1S/C22H18F4N4O3S/c1-21(10-33-2)19(32)29(13-4-3-11(8-27)15(6-13)22(24,25)26)20(34)30(21)17-7-14-12(5-16(17)23)9-28-18(14)31/h3-4,6-7,16H,5,9-10H2,1-2H3,(H,28,31). The Kier molecular flexibility index (Phi) is 5.73. The molecule has 2 unspecified atom stereocenters. The molecule has 0 spiro atoms. The van der Waals surface area contributed by atoms with E-state index in [1.807, 2.05) is 0 Å². The van der Waals surface area contributed by atoms with Crippen molar-refractivity contribution in [2.75, 3.05) is 25.2 Å². The highest BCUT2D eigenvalue weighted by Crippen LogP contribution is 2.42. The van der Waals surface area contributed by atoms with E-state index >= 15 is 4.39 Å². The van der Waals surface area contributed by atoms with Crippen LogP contribution >= 0.6 is 12.2 Å². The molecule has 34 heavy (non-hydrogen) atoms. The van der Waals surface area contributed by atoms with Gasteiger partial charge in [0.2, 0.25) is 0 Å². The van der Waals surface area contributed by atoms with E-state index < -0.39 is 34.9 Å². The van der Waals surface area contributed by atoms with Crippen LogP contribution in [0.15, 0.2) is 41.1 Å². The van der Waals surface area contributed by atoms with E-state index in [-0.39, 0.29) is 47.5 Å². The smallest absolute Gasteiger partial charge is 0.382 e. The van der Waals surface area contributed by atoms with Crippen molar-refractivity contribution in [1.29, 1.82) is 5.26 Å². The van der Waals surface area contributed by atoms with Crippen molar-refractivity contribution in [3.63, 3.8) is 0 Å². The van der Waals surface area contributed by atoms with Gasteiger partial charge in [-0.25, -0.2) is 4.39 Å². The summed E-state index contributed by atoms with van der Waals surface area (Å²) in [6.45, 7) is 1.40. The molecule has 12 heteroatoms. The maximum Gasteiger partial charge on any atom is 0.417 e. The summed E-state index contributed by atoms with van der Waals surface area (Å²) in [4.78, 5) is 27.8. The number of thiocarbonyl (C=S) groups is 1. The van der Waals surface area contributed by atoms with Gasteiger partial charge in [0, 0.05) is 25.6 Å². The lowest BCUT2D eigenvalue weighted by Crippen LogP contribution is -2.51. The number of carbonyl (C=O) groups excluding carboxylic acids is 2. The molecule has 1 fully saturated rings. The molecule has 1 saturated heterocycles. The molecule has 1 aromatic rings. The zero-order chi connectivity index (χ0) is 25.0. The number of allylic oxidation sites excluding steroid dienone is 1. The van der Waals surface area contributed by atoms with Gasteiger partial charge in [-0.3, -0.25) is 14.5 Å². The number of ether oxygens (including phenoxy) is 1. The minimum atomic E-state index is -4.85. The molecule has 2 heterocycles. The van der Waals surface area contributed by atoms with Crippen molar-refractivity contribution in [3.05, 3.63) is 52.2 Å². The Balaban J connectivity index is 1.84. The minimum Gasteiger partial charge on any atom is -0.382 e. The molecule has 178 valence electrons. The lowest BCUT2D eigenvalue weighted by atomic mass is 9.92. The van der Waals surface area contributed by atoms with E-state index in [1.165, 1.54) is 37.1 Å². The molecule has 0 bridgehead atoms. The predicted octanol–water partition coefficient (Wildman–Crippen LogP) is 2.97. The third kappa shape index (κ3) is 3.56. The van der Waals surface area contributed by atoms with Crippen molar-refractivity contribution < 1.29 is 31.9 Å². The zero-order valence-electron chi connectivity index (χ0n) is 18.0. The van der Waals surface area contributed by atoms with Crippen LogP contribution in [0.1, 0.15) is 24.5 Å². The molecule has 7 nitrogen and oxygen atoms in total. The van der Waals surface area contributed by atoms with Crippen LogP contribution in [0.25, 0.3) is 0 Å². The first kappa shape index (κ1) is 23.8. The summed E-state index contributed by atoms with van der Waals surface area (Å²) in [5.74, 6) is -1.12. The molecular weight excluding hydrogens is 476 g/mol. The molecular formula is C22H18F4N4O3S. The van der Waals surface area contributed by atoms with Crippen LogP contribution in [0.2, 0.25) is 0 Å². The number of hydrogen-bond donors (Lipinski definition) is 1. The molecule has 1 aromatic carbocycles. The fourth-order valence-electron chi connectivity index (χ4n) is 4.42. The van der Waals surface area contributed by atoms with E-state index in [0.717, 1.165) is 11.0 Å². The highest BCUT2D eigenvalue weighted by atomic mass is 32.1. The molecule has 4 rings (SSSR count). The van der Waals surface area contributed by atoms with Crippen LogP contribution in [0.4, 0.5) is 23.2 Å². The maximum atomic E-state index is 15.3. The highest BCUT2D eigenvalue weighted by Gasteiger charge is 2.56. The number of methoxy groups -OCH3 is 1. The predicted molar refractivity (Wildman–Crippen MR) is 116 cm³/mol. The van der Waals surface area contributed by atoms with Crippen molar-refractivity contribution in [1.82, 2.24) is 10.2 Å². The van der Waals surface area contributed by atoms with Gasteiger partial charge in [-0.1, -0.05) is 0 Å². The van der Waals surface area contributed by atoms with Crippen LogP contribution in [0.3, 0.4) is 0 Å². The molecule has 2 atom stereocenters. The Bertz CT molecular complexity index is 1220.